The second-order valence-corrected chi connectivity index (χ2v) is 10.3. The second-order valence-electron chi connectivity index (χ2n) is 8.08. The molecule has 3 aromatic rings. The van der Waals surface area contributed by atoms with Crippen molar-refractivity contribution in [3.63, 3.8) is 0 Å². The molecular formula is C27H20BrClF2N2O5S. The Hall–Kier alpha value is -3.41. The lowest BCUT2D eigenvalue weighted by atomic mass is 10.1. The van der Waals surface area contributed by atoms with E-state index in [4.69, 9.17) is 21.1 Å². The third-order valence-corrected chi connectivity index (χ3v) is 7.20. The minimum atomic E-state index is -0.979. The van der Waals surface area contributed by atoms with Crippen molar-refractivity contribution < 1.29 is 32.6 Å². The van der Waals surface area contributed by atoms with E-state index in [0.717, 1.165) is 22.6 Å². The minimum absolute atomic E-state index is 0.0832. The van der Waals surface area contributed by atoms with E-state index >= 15 is 0 Å². The summed E-state index contributed by atoms with van der Waals surface area (Å²) >= 11 is 10.4. The highest BCUT2D eigenvalue weighted by atomic mass is 79.9. The fraction of sp³-hybridized carbons (Fsp3) is 0.148. The zero-order valence-electron chi connectivity index (χ0n) is 20.3. The number of thioether (sulfide) groups is 1. The largest absolute Gasteiger partial charge is 0.490 e. The van der Waals surface area contributed by atoms with Crippen molar-refractivity contribution in [3.05, 3.63) is 91.8 Å². The number of amides is 3. The van der Waals surface area contributed by atoms with Gasteiger partial charge in [-0.3, -0.25) is 19.3 Å². The molecule has 4 rings (SSSR count). The van der Waals surface area contributed by atoms with Crippen LogP contribution in [0.4, 0.5) is 19.3 Å². The van der Waals surface area contributed by atoms with Gasteiger partial charge in [0.05, 0.1) is 21.7 Å². The minimum Gasteiger partial charge on any atom is -0.490 e. The van der Waals surface area contributed by atoms with Crippen molar-refractivity contribution >= 4 is 68.1 Å². The van der Waals surface area contributed by atoms with E-state index in [1.807, 2.05) is 25.1 Å². The van der Waals surface area contributed by atoms with Gasteiger partial charge in [-0.1, -0.05) is 29.8 Å². The Morgan fingerprint density at radius 3 is 2.62 bits per heavy atom. The van der Waals surface area contributed by atoms with Crippen molar-refractivity contribution in [2.24, 2.45) is 0 Å². The number of imide groups is 1. The predicted molar refractivity (Wildman–Crippen MR) is 149 cm³/mol. The first-order chi connectivity index (χ1) is 18.7. The van der Waals surface area contributed by atoms with Gasteiger partial charge in [0.2, 0.25) is 5.91 Å². The molecule has 0 spiro atoms. The van der Waals surface area contributed by atoms with E-state index in [-0.39, 0.29) is 17.2 Å². The summed E-state index contributed by atoms with van der Waals surface area (Å²) in [6.45, 7) is 1.72. The van der Waals surface area contributed by atoms with Gasteiger partial charge in [0.25, 0.3) is 11.1 Å². The first kappa shape index (κ1) is 28.6. The standard InChI is InChI=1S/C27H20BrClF2N2O5S/c1-2-37-22-10-15(9-18(28)25(22)38-14-16-5-3-4-6-19(16)29)11-23-26(35)33(27(36)39-23)13-24(34)32-21-8-7-17(30)12-20(21)31/h3-12H,2,13-14H2,1H3,(H,32,34)/b23-11+. The van der Waals surface area contributed by atoms with Gasteiger partial charge < -0.3 is 14.8 Å². The predicted octanol–water partition coefficient (Wildman–Crippen LogP) is 7.03. The number of ether oxygens (including phenoxy) is 2. The van der Waals surface area contributed by atoms with Gasteiger partial charge in [0.15, 0.2) is 11.5 Å². The molecule has 1 fully saturated rings. The lowest BCUT2D eigenvalue weighted by molar-refractivity contribution is -0.127. The molecular weight excluding hydrogens is 618 g/mol. The lowest BCUT2D eigenvalue weighted by Crippen LogP contribution is -2.36. The SMILES string of the molecule is CCOc1cc(/C=C2/SC(=O)N(CC(=O)Nc3ccc(F)cc3F)C2=O)cc(Br)c1OCc1ccccc1Cl. The average molecular weight is 638 g/mol. The molecule has 0 saturated carbocycles. The Balaban J connectivity index is 1.50. The Labute approximate surface area is 240 Å². The second kappa shape index (κ2) is 12.6. The molecule has 202 valence electrons. The van der Waals surface area contributed by atoms with Crippen molar-refractivity contribution in [2.45, 2.75) is 13.5 Å². The number of nitrogens with one attached hydrogen (secondary N) is 1. The van der Waals surface area contributed by atoms with Gasteiger partial charge in [-0.25, -0.2) is 8.78 Å². The Bertz CT molecular complexity index is 1490. The summed E-state index contributed by atoms with van der Waals surface area (Å²) in [6.07, 6.45) is 1.49. The van der Waals surface area contributed by atoms with E-state index in [9.17, 15) is 23.2 Å². The summed E-state index contributed by atoms with van der Waals surface area (Å²) < 4.78 is 39.2. The molecule has 12 heteroatoms. The maximum absolute atomic E-state index is 13.8. The van der Waals surface area contributed by atoms with Crippen LogP contribution in [-0.2, 0) is 16.2 Å². The van der Waals surface area contributed by atoms with E-state index < -0.39 is 35.2 Å². The van der Waals surface area contributed by atoms with Crippen LogP contribution >= 0.6 is 39.3 Å². The highest BCUT2D eigenvalue weighted by molar-refractivity contribution is 9.10. The molecule has 0 atom stereocenters. The third-order valence-electron chi connectivity index (χ3n) is 5.34. The number of benzene rings is 3. The van der Waals surface area contributed by atoms with Crippen molar-refractivity contribution in [2.75, 3.05) is 18.5 Å². The molecule has 1 heterocycles. The lowest BCUT2D eigenvalue weighted by Gasteiger charge is -2.15. The van der Waals surface area contributed by atoms with E-state index in [1.54, 1.807) is 18.2 Å². The number of hydrogen-bond donors (Lipinski definition) is 1. The van der Waals surface area contributed by atoms with Gasteiger partial charge in [-0.2, -0.15) is 0 Å². The zero-order chi connectivity index (χ0) is 28.1. The topological polar surface area (TPSA) is 84.9 Å². The molecule has 1 aliphatic heterocycles. The van der Waals surface area contributed by atoms with Crippen molar-refractivity contribution in [1.29, 1.82) is 0 Å². The Kier molecular flexibility index (Phi) is 9.26. The fourth-order valence-corrected chi connectivity index (χ4v) is 5.15. The molecule has 0 aliphatic carbocycles. The van der Waals surface area contributed by atoms with Gasteiger partial charge in [-0.05, 0) is 76.6 Å². The van der Waals surface area contributed by atoms with Crippen LogP contribution < -0.4 is 14.8 Å². The molecule has 7 nitrogen and oxygen atoms in total. The van der Waals surface area contributed by atoms with Crippen molar-refractivity contribution in [3.8, 4) is 11.5 Å². The van der Waals surface area contributed by atoms with Crippen LogP contribution in [-0.4, -0.2) is 35.1 Å². The molecule has 0 bridgehead atoms. The van der Waals surface area contributed by atoms with Gasteiger partial charge >= 0.3 is 0 Å². The van der Waals surface area contributed by atoms with E-state index in [0.29, 0.717) is 51.0 Å². The normalized spacial score (nSPS) is 14.2. The first-order valence-electron chi connectivity index (χ1n) is 11.5. The number of hydrogen-bond acceptors (Lipinski definition) is 6. The van der Waals surface area contributed by atoms with Crippen molar-refractivity contribution in [1.82, 2.24) is 4.90 Å². The molecule has 3 aromatic carbocycles. The summed E-state index contributed by atoms with van der Waals surface area (Å²) in [7, 11) is 0. The highest BCUT2D eigenvalue weighted by Crippen LogP contribution is 2.40. The molecule has 3 amide bonds. The smallest absolute Gasteiger partial charge is 0.294 e. The van der Waals surface area contributed by atoms with Gasteiger partial charge in [0.1, 0.15) is 24.8 Å². The summed E-state index contributed by atoms with van der Waals surface area (Å²) in [6, 6.07) is 13.3. The van der Waals surface area contributed by atoms with Crippen LogP contribution in [0.25, 0.3) is 6.08 Å². The molecule has 0 aromatic heterocycles. The monoisotopic (exact) mass is 636 g/mol. The van der Waals surface area contributed by atoms with Crippen LogP contribution in [0.5, 0.6) is 11.5 Å². The number of nitrogens with zero attached hydrogens (tertiary/aromatic N) is 1. The molecule has 39 heavy (non-hydrogen) atoms. The number of carbonyl (C=O) groups is 3. The number of rotatable bonds is 9. The maximum atomic E-state index is 13.8. The number of anilines is 1. The van der Waals surface area contributed by atoms with Gasteiger partial charge in [-0.15, -0.1) is 0 Å². The summed E-state index contributed by atoms with van der Waals surface area (Å²) in [5.74, 6) is -2.44. The molecule has 1 aliphatic rings. The van der Waals surface area contributed by atoms with Crippen LogP contribution in [0, 0.1) is 11.6 Å². The van der Waals surface area contributed by atoms with Crippen LogP contribution in [0.1, 0.15) is 18.1 Å². The maximum Gasteiger partial charge on any atom is 0.294 e. The third kappa shape index (κ3) is 6.97. The van der Waals surface area contributed by atoms with Crippen LogP contribution in [0.3, 0.4) is 0 Å². The van der Waals surface area contributed by atoms with Crippen LogP contribution in [0.2, 0.25) is 5.02 Å². The average Bonchev–Trinajstić information content (AvgIpc) is 3.13. The van der Waals surface area contributed by atoms with E-state index in [1.165, 1.54) is 6.08 Å². The number of halogens is 4. The summed E-state index contributed by atoms with van der Waals surface area (Å²) in [5.41, 5.74) is 1.06. The molecule has 0 unspecified atom stereocenters. The quantitative estimate of drug-likeness (QED) is 0.254. The fourth-order valence-electron chi connectivity index (χ4n) is 3.55. The summed E-state index contributed by atoms with van der Waals surface area (Å²) in [4.78, 5) is 38.6. The van der Waals surface area contributed by atoms with E-state index in [2.05, 4.69) is 21.2 Å². The Morgan fingerprint density at radius 2 is 1.90 bits per heavy atom. The van der Waals surface area contributed by atoms with Crippen LogP contribution in [0.15, 0.2) is 64.0 Å². The number of carbonyl (C=O) groups excluding carboxylic acids is 3. The Morgan fingerprint density at radius 1 is 1.13 bits per heavy atom. The van der Waals surface area contributed by atoms with Gasteiger partial charge in [0, 0.05) is 16.7 Å². The zero-order valence-corrected chi connectivity index (χ0v) is 23.5. The molecule has 1 N–H and O–H groups in total. The first-order valence-corrected chi connectivity index (χ1v) is 13.5. The summed E-state index contributed by atoms with van der Waals surface area (Å²) in [5, 5.41) is 2.13. The molecule has 1 saturated heterocycles. The highest BCUT2D eigenvalue weighted by Gasteiger charge is 2.36. The molecule has 0 radical (unpaired) electrons.